The Morgan fingerprint density at radius 1 is 0.443 bits per heavy atom. The summed E-state index contributed by atoms with van der Waals surface area (Å²) < 4.78 is -0.419. The van der Waals surface area contributed by atoms with E-state index < -0.39 is 0 Å². The number of hydrogen-bond donors (Lipinski definition) is 2. The lowest BCUT2D eigenvalue weighted by Gasteiger charge is -2.65. The number of aromatic amines is 2. The second-order valence-corrected chi connectivity index (χ2v) is 22.5. The molecule has 0 bridgehead atoms. The number of thioether (sulfide) groups is 1. The summed E-state index contributed by atoms with van der Waals surface area (Å²) in [6.07, 6.45) is 13.4. The van der Waals surface area contributed by atoms with Gasteiger partial charge in [-0.05, 0) is 119 Å². The zero-order valence-electron chi connectivity index (χ0n) is 40.1. The molecule has 0 aliphatic carbocycles. The molecule has 328 valence electrons. The van der Waals surface area contributed by atoms with Crippen LogP contribution in [-0.2, 0) is 25.7 Å². The Hall–Kier alpha value is -3.69. The minimum Gasteiger partial charge on any atom is -0.361 e. The largest absolute Gasteiger partial charge is 0.361 e. The van der Waals surface area contributed by atoms with E-state index in [9.17, 15) is 0 Å². The highest BCUT2D eigenvalue weighted by Gasteiger charge is 2.64. The summed E-state index contributed by atoms with van der Waals surface area (Å²) in [4.78, 5) is 7.57. The van der Waals surface area contributed by atoms with Gasteiger partial charge in [-0.1, -0.05) is 193 Å². The molecule has 0 spiro atoms. The van der Waals surface area contributed by atoms with Gasteiger partial charge in [-0.15, -0.1) is 11.8 Å². The van der Waals surface area contributed by atoms with Crippen molar-refractivity contribution in [2.75, 3.05) is 0 Å². The second-order valence-electron chi connectivity index (χ2n) is 20.7. The molecule has 6 aromatic rings. The lowest BCUT2D eigenvalue weighted by Crippen LogP contribution is -2.63. The number of rotatable bonds is 22. The van der Waals surface area contributed by atoms with E-state index in [1.165, 1.54) is 56.9 Å². The van der Waals surface area contributed by atoms with E-state index in [2.05, 4.69) is 226 Å². The average molecular weight is 837 g/mol. The van der Waals surface area contributed by atoms with Crippen molar-refractivity contribution in [3.05, 3.63) is 144 Å². The van der Waals surface area contributed by atoms with Gasteiger partial charge in [0.25, 0.3) is 0 Å². The monoisotopic (exact) mass is 837 g/mol. The zero-order chi connectivity index (χ0) is 44.0. The van der Waals surface area contributed by atoms with Crippen LogP contribution in [0.1, 0.15) is 131 Å². The van der Waals surface area contributed by atoms with Gasteiger partial charge in [0.05, 0.1) is 0 Å². The first kappa shape index (κ1) is 46.8. The molecule has 2 N–H and O–H groups in total. The maximum absolute atomic E-state index is 3.79. The summed E-state index contributed by atoms with van der Waals surface area (Å²) in [6, 6.07) is 41.5. The predicted octanol–water partition coefficient (Wildman–Crippen LogP) is 16.6. The summed E-state index contributed by atoms with van der Waals surface area (Å²) in [6.45, 7) is 30.6. The Balaban J connectivity index is 1.84. The summed E-state index contributed by atoms with van der Waals surface area (Å²) in [5, 5.41) is 2.74. The highest BCUT2D eigenvalue weighted by Crippen LogP contribution is 2.68. The Kier molecular flexibility index (Phi) is 15.2. The molecule has 4 aromatic carbocycles. The fraction of sp³-hybridized carbons (Fsp3) is 0.517. The van der Waals surface area contributed by atoms with E-state index >= 15 is 0 Å². The summed E-state index contributed by atoms with van der Waals surface area (Å²) >= 11 is 2.50. The lowest BCUT2D eigenvalue weighted by atomic mass is 9.53. The van der Waals surface area contributed by atoms with Crippen molar-refractivity contribution in [1.82, 2.24) is 9.97 Å². The maximum Gasteiger partial charge on any atom is 0.0456 e. The van der Waals surface area contributed by atoms with Crippen LogP contribution in [0.25, 0.3) is 21.8 Å². The summed E-state index contributed by atoms with van der Waals surface area (Å²) in [5.74, 6) is 2.92. The van der Waals surface area contributed by atoms with Crippen LogP contribution in [0.15, 0.2) is 122 Å². The molecule has 3 heteroatoms. The molecule has 2 aromatic heterocycles. The second kappa shape index (κ2) is 19.8. The van der Waals surface area contributed by atoms with Crippen LogP contribution in [0, 0.1) is 46.3 Å². The molecule has 0 aliphatic rings. The fourth-order valence-electron chi connectivity index (χ4n) is 12.9. The molecule has 2 nitrogen and oxygen atoms in total. The van der Waals surface area contributed by atoms with Gasteiger partial charge >= 0.3 is 0 Å². The van der Waals surface area contributed by atoms with Crippen molar-refractivity contribution in [2.24, 2.45) is 46.3 Å². The first-order valence-corrected chi connectivity index (χ1v) is 24.9. The molecule has 2 heterocycles. The number of hydrogen-bond acceptors (Lipinski definition) is 1. The highest BCUT2D eigenvalue weighted by molar-refractivity contribution is 8.02. The third-order valence-corrected chi connectivity index (χ3v) is 17.7. The maximum atomic E-state index is 3.79. The Morgan fingerprint density at radius 3 is 1.11 bits per heavy atom. The summed E-state index contributed by atoms with van der Waals surface area (Å²) in [7, 11) is 0. The smallest absolute Gasteiger partial charge is 0.0456 e. The third kappa shape index (κ3) is 9.21. The topological polar surface area (TPSA) is 31.6 Å². The van der Waals surface area contributed by atoms with E-state index in [1.54, 1.807) is 0 Å². The first-order valence-electron chi connectivity index (χ1n) is 24.0. The molecule has 6 atom stereocenters. The third-order valence-electron chi connectivity index (χ3n) is 15.6. The van der Waals surface area contributed by atoms with Crippen LogP contribution >= 0.6 is 11.8 Å². The van der Waals surface area contributed by atoms with Gasteiger partial charge in [-0.3, -0.25) is 0 Å². The molecule has 6 rings (SSSR count). The van der Waals surface area contributed by atoms with E-state index in [4.69, 9.17) is 0 Å². The van der Waals surface area contributed by atoms with Crippen LogP contribution in [0.3, 0.4) is 0 Å². The van der Waals surface area contributed by atoms with Crippen molar-refractivity contribution in [2.45, 2.75) is 144 Å². The van der Waals surface area contributed by atoms with E-state index in [-0.39, 0.29) is 20.3 Å². The van der Waals surface area contributed by atoms with E-state index in [1.807, 2.05) is 0 Å². The Morgan fingerprint density at radius 2 is 0.787 bits per heavy atom. The molecule has 0 radical (unpaired) electrons. The lowest BCUT2D eigenvalue weighted by molar-refractivity contribution is 0.00240. The van der Waals surface area contributed by atoms with Crippen LogP contribution in [-0.4, -0.2) is 19.5 Å². The standard InChI is InChI=1S/C58H80N2S/c1-13-45(11)57(43(7)8,33-41(3)4)55(35-47-25-17-15-18-26-47,37-49-39-59-53-31-23-21-29-51(49)53)61-56(36-48-27-19-16-20-28-48,38-50-40-60-54-32-24-22-30-52(50)54)58(44(9)10,34-42(5)6)46(12)14-2/h15-32,39-46,59-60H,13-14,33-38H2,1-12H3. The molecule has 0 saturated heterocycles. The Labute approximate surface area is 375 Å². The van der Waals surface area contributed by atoms with E-state index in [0.717, 1.165) is 38.5 Å². The van der Waals surface area contributed by atoms with E-state index in [0.29, 0.717) is 35.5 Å². The minimum atomic E-state index is -0.210. The molecule has 61 heavy (non-hydrogen) atoms. The number of nitrogens with one attached hydrogen (secondary N) is 2. The number of para-hydroxylation sites is 2. The zero-order valence-corrected chi connectivity index (χ0v) is 40.9. The first-order chi connectivity index (χ1) is 29.2. The SMILES string of the molecule is CCC(C)C(CC(C)C)(C(C)C)C(Cc1ccccc1)(Cc1c[nH]c2ccccc12)SC(Cc1ccccc1)(Cc1c[nH]c2ccccc12)C(CC(C)C)(C(C)C)C(C)CC. The van der Waals surface area contributed by atoms with Crippen molar-refractivity contribution in [3.8, 4) is 0 Å². The van der Waals surface area contributed by atoms with Gasteiger partial charge in [0.1, 0.15) is 0 Å². The predicted molar refractivity (Wildman–Crippen MR) is 270 cm³/mol. The van der Waals surface area contributed by atoms with Gasteiger partial charge < -0.3 is 9.97 Å². The number of H-pyrrole nitrogens is 2. The summed E-state index contributed by atoms with van der Waals surface area (Å²) in [5.41, 5.74) is 8.26. The fourth-order valence-corrected chi connectivity index (χ4v) is 16.0. The molecular weight excluding hydrogens is 757 g/mol. The average Bonchev–Trinajstić information content (AvgIpc) is 3.84. The van der Waals surface area contributed by atoms with Gasteiger partial charge in [-0.25, -0.2) is 0 Å². The van der Waals surface area contributed by atoms with Crippen LogP contribution in [0.5, 0.6) is 0 Å². The number of aromatic nitrogens is 2. The normalized spacial score (nSPS) is 17.4. The number of fused-ring (bicyclic) bond motifs is 2. The van der Waals surface area contributed by atoms with Gasteiger partial charge in [-0.2, -0.15) is 0 Å². The van der Waals surface area contributed by atoms with Crippen molar-refractivity contribution < 1.29 is 0 Å². The van der Waals surface area contributed by atoms with Crippen LogP contribution in [0.4, 0.5) is 0 Å². The van der Waals surface area contributed by atoms with Gasteiger partial charge in [0.15, 0.2) is 0 Å². The quantitative estimate of drug-likeness (QED) is 0.0701. The number of benzene rings is 4. The van der Waals surface area contributed by atoms with Crippen molar-refractivity contribution >= 4 is 33.6 Å². The van der Waals surface area contributed by atoms with Crippen molar-refractivity contribution in [1.29, 1.82) is 0 Å². The van der Waals surface area contributed by atoms with Gasteiger partial charge in [0, 0.05) is 43.7 Å². The molecular formula is C58H80N2S. The molecule has 6 unspecified atom stereocenters. The highest BCUT2D eigenvalue weighted by atomic mass is 32.2. The molecule has 0 fully saturated rings. The van der Waals surface area contributed by atoms with Crippen LogP contribution < -0.4 is 0 Å². The molecule has 0 amide bonds. The molecule has 0 aliphatic heterocycles. The Bertz CT molecular complexity index is 2090. The minimum absolute atomic E-state index is 0.0209. The van der Waals surface area contributed by atoms with Crippen molar-refractivity contribution in [3.63, 3.8) is 0 Å². The van der Waals surface area contributed by atoms with Crippen LogP contribution in [0.2, 0.25) is 0 Å². The molecule has 0 saturated carbocycles. The van der Waals surface area contributed by atoms with Gasteiger partial charge in [0.2, 0.25) is 0 Å².